The molecule has 4 aliphatic rings. The average molecular weight is 729 g/mol. The van der Waals surface area contributed by atoms with Crippen LogP contribution in [0.1, 0.15) is 163 Å². The number of nitrogens with two attached hydrogens (primary N) is 1. The monoisotopic (exact) mass is 729 g/mol. The second-order valence-corrected chi connectivity index (χ2v) is 11.0. The van der Waals surface area contributed by atoms with E-state index in [1.165, 1.54) is 116 Å². The fourth-order valence-electron chi connectivity index (χ4n) is 5.25. The number of nitrogens with one attached hydrogen (secondary N) is 1. The maximum atomic E-state index is 10.5. The molecule has 45 heavy (non-hydrogen) atoms. The maximum Gasteiger partial charge on any atom is 2.00 e. The van der Waals surface area contributed by atoms with E-state index in [0.29, 0.717) is 0 Å². The standard InChI is InChI=1S/C11H21NO2.C9H19NO.2C5H10.2C2H6.4CH3.2Fe/c1-10(13)12-7-4-8-14-9-11-5-2-3-6-11;10-6-3-7-11-8-9-4-1-2-5-9;2*1-2-4-5-3-1;2*1-2;;;;;;/h11H,2-9H2,1H3,(H,12,13);9H,1-8,10H2;2*1-5H2;2*1-2H3;4*1H3;;/q;;;;;;4*-1;2*+2. The third-order valence-electron chi connectivity index (χ3n) is 7.49. The van der Waals surface area contributed by atoms with Crippen molar-refractivity contribution in [2.75, 3.05) is 39.5 Å². The zero-order chi connectivity index (χ0) is 29.2. The molecule has 0 saturated heterocycles. The molecule has 4 saturated carbocycles. The summed E-state index contributed by atoms with van der Waals surface area (Å²) in [6.45, 7) is 14.5. The predicted octanol–water partition coefficient (Wildman–Crippen LogP) is 11.0. The molecule has 0 atom stereocenters. The van der Waals surface area contributed by atoms with Gasteiger partial charge in [0.05, 0.1) is 0 Å². The van der Waals surface area contributed by atoms with Crippen LogP contribution in [0.3, 0.4) is 0 Å². The van der Waals surface area contributed by atoms with E-state index < -0.39 is 0 Å². The second-order valence-electron chi connectivity index (χ2n) is 11.0. The zero-order valence-corrected chi connectivity index (χ0v) is 34.3. The van der Waals surface area contributed by atoms with Gasteiger partial charge < -0.3 is 50.2 Å². The van der Waals surface area contributed by atoms with Crippen molar-refractivity contribution in [3.63, 3.8) is 0 Å². The first-order valence-electron chi connectivity index (χ1n) is 17.3. The molecule has 0 unspecified atom stereocenters. The molecule has 5 nitrogen and oxygen atoms in total. The number of hydrogen-bond acceptors (Lipinski definition) is 4. The fourth-order valence-corrected chi connectivity index (χ4v) is 5.25. The van der Waals surface area contributed by atoms with Crippen LogP contribution in [0.15, 0.2) is 0 Å². The Bertz CT molecular complexity index is 429. The Morgan fingerprint density at radius 3 is 1.13 bits per heavy atom. The Labute approximate surface area is 308 Å². The van der Waals surface area contributed by atoms with Crippen LogP contribution in [0.25, 0.3) is 0 Å². The Balaban J connectivity index is -0.0000000661. The summed E-state index contributed by atoms with van der Waals surface area (Å²) in [4.78, 5) is 10.5. The molecule has 3 N–H and O–H groups in total. The van der Waals surface area contributed by atoms with Crippen LogP contribution in [-0.4, -0.2) is 45.4 Å². The van der Waals surface area contributed by atoms with Crippen molar-refractivity contribution in [2.45, 2.75) is 163 Å². The van der Waals surface area contributed by atoms with E-state index in [1.807, 2.05) is 27.7 Å². The smallest absolute Gasteiger partial charge is 0.381 e. The van der Waals surface area contributed by atoms with Gasteiger partial charge in [-0.15, -0.1) is 0 Å². The molecular weight excluding hydrogens is 644 g/mol. The summed E-state index contributed by atoms with van der Waals surface area (Å²) in [5.41, 5.74) is 5.34. The Morgan fingerprint density at radius 2 is 0.867 bits per heavy atom. The third-order valence-corrected chi connectivity index (χ3v) is 7.49. The number of hydrogen-bond donors (Lipinski definition) is 2. The van der Waals surface area contributed by atoms with Crippen molar-refractivity contribution in [3.8, 4) is 0 Å². The first-order valence-corrected chi connectivity index (χ1v) is 17.3. The SMILES string of the molecule is C1CCCC1.C1CCCC1.CC.CC.CC(=O)NCCCOCC1CCCC1.NCCCOCC1CCCC1.[CH3-].[CH3-].[CH3-].[CH3-].[Fe+2].[Fe+2]. The molecule has 7 heteroatoms. The van der Waals surface area contributed by atoms with Crippen molar-refractivity contribution in [2.24, 2.45) is 17.6 Å². The molecule has 0 aliphatic heterocycles. The predicted molar refractivity (Wildman–Crippen MR) is 197 cm³/mol. The second kappa shape index (κ2) is 56.7. The van der Waals surface area contributed by atoms with E-state index in [1.54, 1.807) is 6.92 Å². The fraction of sp³-hybridized carbons (Fsp3) is 0.868. The van der Waals surface area contributed by atoms with Crippen LogP contribution in [0.4, 0.5) is 0 Å². The zero-order valence-electron chi connectivity index (χ0n) is 32.0. The summed E-state index contributed by atoms with van der Waals surface area (Å²) >= 11 is 0. The minimum atomic E-state index is 0. The molecule has 4 fully saturated rings. The van der Waals surface area contributed by atoms with E-state index in [-0.39, 0.29) is 69.8 Å². The van der Waals surface area contributed by atoms with E-state index in [4.69, 9.17) is 15.2 Å². The van der Waals surface area contributed by atoms with Gasteiger partial charge in [0.2, 0.25) is 5.91 Å². The summed E-state index contributed by atoms with van der Waals surface area (Å²) in [5, 5.41) is 2.76. The maximum absolute atomic E-state index is 10.5. The van der Waals surface area contributed by atoms with E-state index >= 15 is 0 Å². The molecule has 4 rings (SSSR count). The minimum Gasteiger partial charge on any atom is -0.381 e. The topological polar surface area (TPSA) is 73.6 Å². The third kappa shape index (κ3) is 51.4. The van der Waals surface area contributed by atoms with Gasteiger partial charge in [0.15, 0.2) is 0 Å². The van der Waals surface area contributed by atoms with Crippen LogP contribution < -0.4 is 11.1 Å². The van der Waals surface area contributed by atoms with Gasteiger partial charge in [-0.2, -0.15) is 0 Å². The van der Waals surface area contributed by atoms with Crippen molar-refractivity contribution >= 4 is 5.91 Å². The van der Waals surface area contributed by atoms with Gasteiger partial charge in [-0.05, 0) is 56.9 Å². The average Bonchev–Trinajstić information content (AvgIpc) is 3.81. The first-order chi connectivity index (χ1) is 19.2. The van der Waals surface area contributed by atoms with Crippen LogP contribution in [0.2, 0.25) is 0 Å². The summed E-state index contributed by atoms with van der Waals surface area (Å²) < 4.78 is 11.0. The van der Waals surface area contributed by atoms with Gasteiger partial charge in [0.1, 0.15) is 0 Å². The summed E-state index contributed by atoms with van der Waals surface area (Å²) in [6, 6.07) is 0. The molecule has 280 valence electrons. The summed E-state index contributed by atoms with van der Waals surface area (Å²) in [6.07, 6.45) is 27.9. The van der Waals surface area contributed by atoms with E-state index in [2.05, 4.69) is 5.32 Å². The minimum absolute atomic E-state index is 0. The van der Waals surface area contributed by atoms with Crippen molar-refractivity contribution in [1.29, 1.82) is 0 Å². The van der Waals surface area contributed by atoms with Crippen molar-refractivity contribution < 1.29 is 48.4 Å². The van der Waals surface area contributed by atoms with Gasteiger partial charge >= 0.3 is 34.1 Å². The summed E-state index contributed by atoms with van der Waals surface area (Å²) in [7, 11) is 0. The summed E-state index contributed by atoms with van der Waals surface area (Å²) in [5.74, 6) is 1.70. The van der Waals surface area contributed by atoms with Crippen LogP contribution in [0.5, 0.6) is 0 Å². The molecular formula is C38H84Fe2N2O3. The van der Waals surface area contributed by atoms with Gasteiger partial charge in [-0.25, -0.2) is 0 Å². The molecule has 1 amide bonds. The molecule has 0 radical (unpaired) electrons. The van der Waals surface area contributed by atoms with E-state index in [0.717, 1.165) is 64.2 Å². The normalized spacial score (nSPS) is 15.7. The molecule has 4 aliphatic carbocycles. The Hall–Kier alpha value is 0.389. The number of carbonyl (C=O) groups excluding carboxylic acids is 1. The molecule has 0 spiro atoms. The molecule has 0 aromatic heterocycles. The van der Waals surface area contributed by atoms with Gasteiger partial charge in [0.25, 0.3) is 0 Å². The van der Waals surface area contributed by atoms with Gasteiger partial charge in [-0.3, -0.25) is 4.79 Å². The Morgan fingerprint density at radius 1 is 0.578 bits per heavy atom. The first kappa shape index (κ1) is 64.0. The molecule has 0 bridgehead atoms. The van der Waals surface area contributed by atoms with Crippen LogP contribution in [-0.2, 0) is 48.4 Å². The number of ether oxygens (including phenoxy) is 2. The quantitative estimate of drug-likeness (QED) is 0.126. The van der Waals surface area contributed by atoms with Crippen molar-refractivity contribution in [3.05, 3.63) is 29.7 Å². The molecule has 0 aromatic rings. The van der Waals surface area contributed by atoms with Crippen LogP contribution >= 0.6 is 0 Å². The van der Waals surface area contributed by atoms with Crippen LogP contribution in [0, 0.1) is 41.5 Å². The Kier molecular flexibility index (Phi) is 80.6. The largest absolute Gasteiger partial charge is 2.00 e. The van der Waals surface area contributed by atoms with Gasteiger partial charge in [-0.1, -0.05) is 118 Å². The number of amides is 1. The van der Waals surface area contributed by atoms with Crippen molar-refractivity contribution in [1.82, 2.24) is 5.32 Å². The van der Waals surface area contributed by atoms with Gasteiger partial charge in [0, 0.05) is 39.9 Å². The number of rotatable bonds is 11. The number of carbonyl (C=O) groups is 1. The molecule has 0 heterocycles. The molecule has 0 aromatic carbocycles. The van der Waals surface area contributed by atoms with E-state index in [9.17, 15) is 4.79 Å².